The topological polar surface area (TPSA) is 41.6 Å². The van der Waals surface area contributed by atoms with E-state index in [-0.39, 0.29) is 5.82 Å². The number of hydrogen-bond acceptors (Lipinski definition) is 2. The molecule has 3 rings (SSSR count). The molecule has 1 N–H and O–H groups in total. The Hall–Kier alpha value is -2.63. The van der Waals surface area contributed by atoms with Crippen LogP contribution in [0.3, 0.4) is 0 Å². The molecule has 3 aromatic rings. The highest BCUT2D eigenvalue weighted by molar-refractivity contribution is 5.66. The van der Waals surface area contributed by atoms with Crippen molar-refractivity contribution in [1.82, 2.24) is 15.0 Å². The smallest absolute Gasteiger partial charge is 0.334 e. The van der Waals surface area contributed by atoms with Gasteiger partial charge in [-0.1, -0.05) is 30.3 Å². The van der Waals surface area contributed by atoms with E-state index in [9.17, 15) is 13.2 Å². The van der Waals surface area contributed by atoms with E-state index in [4.69, 9.17) is 0 Å². The van der Waals surface area contributed by atoms with Crippen LogP contribution in [-0.4, -0.2) is 15.0 Å². The third-order valence-corrected chi connectivity index (χ3v) is 3.32. The number of alkyl halides is 3. The van der Waals surface area contributed by atoms with Gasteiger partial charge in [0.1, 0.15) is 11.5 Å². The SMILES string of the molecule is Cc1cc(-c2ccccc2)ncc1-c1ncc(C(F)(F)F)[nH]1. The van der Waals surface area contributed by atoms with Crippen molar-refractivity contribution in [3.63, 3.8) is 0 Å². The van der Waals surface area contributed by atoms with Gasteiger partial charge in [0.15, 0.2) is 0 Å². The van der Waals surface area contributed by atoms with Crippen LogP contribution in [0.4, 0.5) is 13.2 Å². The van der Waals surface area contributed by atoms with E-state index in [1.165, 1.54) is 6.20 Å². The number of halogens is 3. The number of aryl methyl sites for hydroxylation is 1. The third kappa shape index (κ3) is 2.72. The average molecular weight is 303 g/mol. The van der Waals surface area contributed by atoms with E-state index < -0.39 is 11.9 Å². The Bertz CT molecular complexity index is 792. The van der Waals surface area contributed by atoms with Crippen molar-refractivity contribution >= 4 is 0 Å². The summed E-state index contributed by atoms with van der Waals surface area (Å²) in [5.74, 6) is 0.164. The number of pyridine rings is 1. The highest BCUT2D eigenvalue weighted by Gasteiger charge is 2.33. The molecule has 0 aliphatic carbocycles. The van der Waals surface area contributed by atoms with Gasteiger partial charge in [-0.2, -0.15) is 13.2 Å². The zero-order chi connectivity index (χ0) is 15.7. The van der Waals surface area contributed by atoms with Gasteiger partial charge < -0.3 is 4.98 Å². The van der Waals surface area contributed by atoms with Gasteiger partial charge in [0, 0.05) is 17.3 Å². The summed E-state index contributed by atoms with van der Waals surface area (Å²) in [5, 5.41) is 0. The fourth-order valence-electron chi connectivity index (χ4n) is 2.17. The molecular formula is C16H12F3N3. The van der Waals surface area contributed by atoms with E-state index in [0.717, 1.165) is 23.0 Å². The second-order valence-corrected chi connectivity index (χ2v) is 4.89. The molecule has 0 radical (unpaired) electrons. The molecule has 0 spiro atoms. The van der Waals surface area contributed by atoms with Crippen molar-refractivity contribution in [2.45, 2.75) is 13.1 Å². The van der Waals surface area contributed by atoms with Gasteiger partial charge in [-0.05, 0) is 18.6 Å². The number of nitrogens with one attached hydrogen (secondary N) is 1. The predicted molar refractivity (Wildman–Crippen MR) is 77.0 cm³/mol. The highest BCUT2D eigenvalue weighted by atomic mass is 19.4. The number of rotatable bonds is 2. The molecule has 0 aliphatic heterocycles. The molecule has 6 heteroatoms. The lowest BCUT2D eigenvalue weighted by Gasteiger charge is -2.06. The minimum atomic E-state index is -4.43. The second-order valence-electron chi connectivity index (χ2n) is 4.89. The number of hydrogen-bond donors (Lipinski definition) is 1. The summed E-state index contributed by atoms with van der Waals surface area (Å²) >= 11 is 0. The van der Waals surface area contributed by atoms with Crippen LogP contribution in [0.25, 0.3) is 22.6 Å². The fraction of sp³-hybridized carbons (Fsp3) is 0.125. The Labute approximate surface area is 124 Å². The molecule has 0 saturated heterocycles. The normalized spacial score (nSPS) is 11.6. The number of aromatic amines is 1. The molecule has 112 valence electrons. The summed E-state index contributed by atoms with van der Waals surface area (Å²) in [7, 11) is 0. The summed E-state index contributed by atoms with van der Waals surface area (Å²) in [5.41, 5.74) is 2.21. The van der Waals surface area contributed by atoms with Gasteiger partial charge in [-0.25, -0.2) is 4.98 Å². The van der Waals surface area contributed by atoms with Crippen LogP contribution in [0.15, 0.2) is 48.8 Å². The molecule has 0 atom stereocenters. The lowest BCUT2D eigenvalue weighted by molar-refractivity contribution is -0.140. The number of benzene rings is 1. The summed E-state index contributed by atoms with van der Waals surface area (Å²) in [6, 6.07) is 11.4. The van der Waals surface area contributed by atoms with Gasteiger partial charge in [-0.15, -0.1) is 0 Å². The monoisotopic (exact) mass is 303 g/mol. The Morgan fingerprint density at radius 1 is 1.00 bits per heavy atom. The van der Waals surface area contributed by atoms with Crippen molar-refractivity contribution < 1.29 is 13.2 Å². The first-order valence-corrected chi connectivity index (χ1v) is 6.60. The first-order valence-electron chi connectivity index (χ1n) is 6.60. The average Bonchev–Trinajstić information content (AvgIpc) is 2.98. The summed E-state index contributed by atoms with van der Waals surface area (Å²) in [6.07, 6.45) is -2.10. The fourth-order valence-corrected chi connectivity index (χ4v) is 2.17. The number of aromatic nitrogens is 3. The quantitative estimate of drug-likeness (QED) is 0.759. The van der Waals surface area contributed by atoms with Crippen molar-refractivity contribution in [3.8, 4) is 22.6 Å². The second kappa shape index (κ2) is 5.29. The van der Waals surface area contributed by atoms with Crippen LogP contribution in [0.1, 0.15) is 11.3 Å². The summed E-state index contributed by atoms with van der Waals surface area (Å²) < 4.78 is 37.8. The molecule has 2 aromatic heterocycles. The number of nitrogens with zero attached hydrogens (tertiary/aromatic N) is 2. The highest BCUT2D eigenvalue weighted by Crippen LogP contribution is 2.30. The van der Waals surface area contributed by atoms with E-state index in [1.54, 1.807) is 0 Å². The maximum atomic E-state index is 12.6. The lowest BCUT2D eigenvalue weighted by atomic mass is 10.1. The molecule has 0 amide bonds. The van der Waals surface area contributed by atoms with Gasteiger partial charge in [0.2, 0.25) is 0 Å². The van der Waals surface area contributed by atoms with Gasteiger partial charge in [-0.3, -0.25) is 4.98 Å². The van der Waals surface area contributed by atoms with Crippen LogP contribution in [0.2, 0.25) is 0 Å². The zero-order valence-corrected chi connectivity index (χ0v) is 11.6. The van der Waals surface area contributed by atoms with Crippen LogP contribution in [-0.2, 0) is 6.18 Å². The zero-order valence-electron chi connectivity index (χ0n) is 11.6. The molecule has 0 saturated carbocycles. The first-order chi connectivity index (χ1) is 10.4. The van der Waals surface area contributed by atoms with Gasteiger partial charge in [0.25, 0.3) is 0 Å². The minimum absolute atomic E-state index is 0.164. The summed E-state index contributed by atoms with van der Waals surface area (Å²) in [6.45, 7) is 1.82. The van der Waals surface area contributed by atoms with Crippen molar-refractivity contribution in [2.75, 3.05) is 0 Å². The maximum Gasteiger partial charge on any atom is 0.432 e. The largest absolute Gasteiger partial charge is 0.432 e. The standard InChI is InChI=1S/C16H12F3N3/c1-10-7-13(11-5-3-2-4-6-11)20-8-12(10)15-21-9-14(22-15)16(17,18)19/h2-9H,1H3,(H,21,22). The molecule has 0 fully saturated rings. The predicted octanol–water partition coefficient (Wildman–Crippen LogP) is 4.47. The van der Waals surface area contributed by atoms with Crippen molar-refractivity contribution in [3.05, 3.63) is 60.0 Å². The van der Waals surface area contributed by atoms with Gasteiger partial charge >= 0.3 is 6.18 Å². The Balaban J connectivity index is 1.98. The van der Waals surface area contributed by atoms with E-state index >= 15 is 0 Å². The van der Waals surface area contributed by atoms with Gasteiger partial charge in [0.05, 0.1) is 11.9 Å². The molecule has 0 unspecified atom stereocenters. The molecule has 22 heavy (non-hydrogen) atoms. The Kier molecular flexibility index (Phi) is 3.44. The van der Waals surface area contributed by atoms with Crippen LogP contribution in [0.5, 0.6) is 0 Å². The molecule has 3 nitrogen and oxygen atoms in total. The van der Waals surface area contributed by atoms with E-state index in [2.05, 4.69) is 15.0 Å². The first kappa shape index (κ1) is 14.3. The molecule has 0 aliphatic rings. The number of H-pyrrole nitrogens is 1. The third-order valence-electron chi connectivity index (χ3n) is 3.32. The van der Waals surface area contributed by atoms with Crippen LogP contribution in [0, 0.1) is 6.92 Å². The maximum absolute atomic E-state index is 12.6. The summed E-state index contributed by atoms with van der Waals surface area (Å²) in [4.78, 5) is 10.4. The molecule has 2 heterocycles. The lowest BCUT2D eigenvalue weighted by Crippen LogP contribution is -2.04. The van der Waals surface area contributed by atoms with Crippen LogP contribution >= 0.6 is 0 Å². The molecule has 0 bridgehead atoms. The number of imidazole rings is 1. The minimum Gasteiger partial charge on any atom is -0.334 e. The Morgan fingerprint density at radius 2 is 1.73 bits per heavy atom. The molecule has 1 aromatic carbocycles. The molecular weight excluding hydrogens is 291 g/mol. The van der Waals surface area contributed by atoms with E-state index in [1.807, 2.05) is 43.3 Å². The van der Waals surface area contributed by atoms with Crippen molar-refractivity contribution in [2.24, 2.45) is 0 Å². The Morgan fingerprint density at radius 3 is 2.32 bits per heavy atom. The van der Waals surface area contributed by atoms with Crippen LogP contribution < -0.4 is 0 Å². The van der Waals surface area contributed by atoms with E-state index in [0.29, 0.717) is 5.56 Å². The van der Waals surface area contributed by atoms with Crippen molar-refractivity contribution in [1.29, 1.82) is 0 Å².